The number of hydrogen-bond acceptors (Lipinski definition) is 3. The molecule has 1 aromatic rings. The molecule has 3 nitrogen and oxygen atoms in total. The Balaban J connectivity index is 2.52. The third-order valence-electron chi connectivity index (χ3n) is 1.62. The molecule has 0 aromatic heterocycles. The van der Waals surface area contributed by atoms with Crippen molar-refractivity contribution in [3.63, 3.8) is 0 Å². The number of nitrogens with two attached hydrogens (primary N) is 2. The summed E-state index contributed by atoms with van der Waals surface area (Å²) in [5.74, 6) is 0. The van der Waals surface area contributed by atoms with Crippen LogP contribution < -0.4 is 16.8 Å². The third kappa shape index (κ3) is 3.00. The van der Waals surface area contributed by atoms with Gasteiger partial charge in [-0.05, 0) is 12.5 Å². The third-order valence-corrected chi connectivity index (χ3v) is 1.62. The van der Waals surface area contributed by atoms with Gasteiger partial charge in [-0.2, -0.15) is 0 Å². The molecule has 0 radical (unpaired) electrons. The molecule has 0 spiro atoms. The summed E-state index contributed by atoms with van der Waals surface area (Å²) in [7, 11) is 0. The Bertz CT molecular complexity index is 245. The standard InChI is InChI=1S/C9H15N3/c1-7-3-2-4-8(5-7)6-12-9(10)11/h2-5,9,12H,6,10-11H2,1H3. The monoisotopic (exact) mass is 165 g/mol. The largest absolute Gasteiger partial charge is 0.304 e. The van der Waals surface area contributed by atoms with E-state index >= 15 is 0 Å². The van der Waals surface area contributed by atoms with E-state index in [1.54, 1.807) is 0 Å². The van der Waals surface area contributed by atoms with Crippen molar-refractivity contribution in [2.45, 2.75) is 19.8 Å². The molecule has 3 heteroatoms. The number of nitrogens with one attached hydrogen (secondary N) is 1. The van der Waals surface area contributed by atoms with Gasteiger partial charge in [-0.1, -0.05) is 29.8 Å². The highest BCUT2D eigenvalue weighted by Crippen LogP contribution is 2.02. The van der Waals surface area contributed by atoms with Crippen LogP contribution >= 0.6 is 0 Å². The first-order valence-electron chi connectivity index (χ1n) is 3.98. The maximum absolute atomic E-state index is 5.34. The van der Waals surface area contributed by atoms with Crippen LogP contribution in [0.15, 0.2) is 24.3 Å². The number of hydrogen-bond donors (Lipinski definition) is 3. The number of rotatable bonds is 3. The molecule has 0 saturated heterocycles. The molecule has 0 atom stereocenters. The molecule has 0 amide bonds. The molecule has 12 heavy (non-hydrogen) atoms. The zero-order chi connectivity index (χ0) is 8.97. The molecule has 0 unspecified atom stereocenters. The van der Waals surface area contributed by atoms with Gasteiger partial charge in [-0.3, -0.25) is 5.32 Å². The molecule has 0 aliphatic rings. The average Bonchev–Trinajstić information content (AvgIpc) is 2.01. The molecule has 0 fully saturated rings. The normalized spacial score (nSPS) is 10.7. The Morgan fingerprint density at radius 2 is 2.17 bits per heavy atom. The lowest BCUT2D eigenvalue weighted by Crippen LogP contribution is -2.44. The Kier molecular flexibility index (Phi) is 3.22. The first kappa shape index (κ1) is 9.19. The highest BCUT2D eigenvalue weighted by atomic mass is 15.1. The van der Waals surface area contributed by atoms with Gasteiger partial charge in [0.15, 0.2) is 0 Å². The second kappa shape index (κ2) is 4.21. The van der Waals surface area contributed by atoms with Crippen molar-refractivity contribution in [2.24, 2.45) is 11.5 Å². The van der Waals surface area contributed by atoms with E-state index < -0.39 is 6.29 Å². The smallest absolute Gasteiger partial charge is 0.107 e. The van der Waals surface area contributed by atoms with E-state index in [4.69, 9.17) is 11.5 Å². The van der Waals surface area contributed by atoms with E-state index in [0.717, 1.165) is 6.54 Å². The summed E-state index contributed by atoms with van der Waals surface area (Å²) >= 11 is 0. The van der Waals surface area contributed by atoms with Gasteiger partial charge in [0, 0.05) is 6.54 Å². The van der Waals surface area contributed by atoms with Crippen LogP contribution in [0.1, 0.15) is 11.1 Å². The first-order valence-corrected chi connectivity index (χ1v) is 3.98. The minimum absolute atomic E-state index is 0.439. The Hall–Kier alpha value is -0.900. The summed E-state index contributed by atoms with van der Waals surface area (Å²) in [5, 5.41) is 2.94. The van der Waals surface area contributed by atoms with Crippen molar-refractivity contribution in [1.29, 1.82) is 0 Å². The first-order chi connectivity index (χ1) is 5.68. The summed E-state index contributed by atoms with van der Waals surface area (Å²) in [6.07, 6.45) is -0.439. The maximum atomic E-state index is 5.34. The van der Waals surface area contributed by atoms with Crippen LogP contribution in [0.25, 0.3) is 0 Å². The van der Waals surface area contributed by atoms with Crippen LogP contribution in [-0.2, 0) is 6.54 Å². The molecule has 0 bridgehead atoms. The molecule has 66 valence electrons. The fraction of sp³-hybridized carbons (Fsp3) is 0.333. The SMILES string of the molecule is Cc1cccc(CNC(N)N)c1. The van der Waals surface area contributed by atoms with Crippen molar-refractivity contribution in [3.05, 3.63) is 35.4 Å². The molecule has 0 heterocycles. The lowest BCUT2D eigenvalue weighted by molar-refractivity contribution is 0.545. The summed E-state index contributed by atoms with van der Waals surface area (Å²) in [5.41, 5.74) is 13.1. The zero-order valence-electron chi connectivity index (χ0n) is 7.25. The van der Waals surface area contributed by atoms with E-state index in [1.807, 2.05) is 12.1 Å². The highest BCUT2D eigenvalue weighted by Gasteiger charge is 1.94. The van der Waals surface area contributed by atoms with Gasteiger partial charge in [0.1, 0.15) is 6.29 Å². The average molecular weight is 165 g/mol. The molecule has 0 aliphatic heterocycles. The molecule has 0 saturated carbocycles. The Labute approximate surface area is 72.8 Å². The molecule has 0 aliphatic carbocycles. The van der Waals surface area contributed by atoms with Crippen LogP contribution in [-0.4, -0.2) is 6.29 Å². The highest BCUT2D eigenvalue weighted by molar-refractivity contribution is 5.21. The fourth-order valence-corrected chi connectivity index (χ4v) is 1.06. The van der Waals surface area contributed by atoms with E-state index in [2.05, 4.69) is 24.4 Å². The lowest BCUT2D eigenvalue weighted by atomic mass is 10.1. The van der Waals surface area contributed by atoms with Crippen LogP contribution in [0.4, 0.5) is 0 Å². The van der Waals surface area contributed by atoms with Crippen LogP contribution in [0.5, 0.6) is 0 Å². The van der Waals surface area contributed by atoms with Crippen molar-refractivity contribution in [3.8, 4) is 0 Å². The van der Waals surface area contributed by atoms with Gasteiger partial charge in [0.25, 0.3) is 0 Å². The lowest BCUT2D eigenvalue weighted by Gasteiger charge is -2.08. The maximum Gasteiger partial charge on any atom is 0.107 e. The molecule has 5 N–H and O–H groups in total. The van der Waals surface area contributed by atoms with Gasteiger partial charge in [0.05, 0.1) is 0 Å². The van der Waals surface area contributed by atoms with Gasteiger partial charge in [0.2, 0.25) is 0 Å². The minimum Gasteiger partial charge on any atom is -0.304 e. The summed E-state index contributed by atoms with van der Waals surface area (Å²) in [6, 6.07) is 8.23. The predicted octanol–water partition coefficient (Wildman–Crippen LogP) is 0.286. The summed E-state index contributed by atoms with van der Waals surface area (Å²) < 4.78 is 0. The number of aryl methyl sites for hydroxylation is 1. The molecular formula is C9H15N3. The summed E-state index contributed by atoms with van der Waals surface area (Å²) in [6.45, 7) is 2.78. The number of benzene rings is 1. The van der Waals surface area contributed by atoms with Crippen molar-refractivity contribution in [2.75, 3.05) is 0 Å². The van der Waals surface area contributed by atoms with Crippen molar-refractivity contribution >= 4 is 0 Å². The van der Waals surface area contributed by atoms with Crippen LogP contribution in [0, 0.1) is 6.92 Å². The predicted molar refractivity (Wildman–Crippen MR) is 50.2 cm³/mol. The van der Waals surface area contributed by atoms with E-state index in [-0.39, 0.29) is 0 Å². The second-order valence-corrected chi connectivity index (χ2v) is 2.90. The Morgan fingerprint density at radius 1 is 1.42 bits per heavy atom. The molecular weight excluding hydrogens is 150 g/mol. The zero-order valence-corrected chi connectivity index (χ0v) is 7.25. The van der Waals surface area contributed by atoms with Crippen LogP contribution in [0.2, 0.25) is 0 Å². The minimum atomic E-state index is -0.439. The fourth-order valence-electron chi connectivity index (χ4n) is 1.06. The quantitative estimate of drug-likeness (QED) is 0.564. The second-order valence-electron chi connectivity index (χ2n) is 2.90. The van der Waals surface area contributed by atoms with Gasteiger partial charge in [-0.15, -0.1) is 0 Å². The van der Waals surface area contributed by atoms with Crippen molar-refractivity contribution in [1.82, 2.24) is 5.32 Å². The van der Waals surface area contributed by atoms with E-state index in [1.165, 1.54) is 11.1 Å². The topological polar surface area (TPSA) is 64.1 Å². The van der Waals surface area contributed by atoms with Gasteiger partial charge >= 0.3 is 0 Å². The molecule has 1 rings (SSSR count). The van der Waals surface area contributed by atoms with Crippen LogP contribution in [0.3, 0.4) is 0 Å². The van der Waals surface area contributed by atoms with E-state index in [0.29, 0.717) is 0 Å². The van der Waals surface area contributed by atoms with E-state index in [9.17, 15) is 0 Å². The Morgan fingerprint density at radius 3 is 2.75 bits per heavy atom. The van der Waals surface area contributed by atoms with Gasteiger partial charge < -0.3 is 11.5 Å². The van der Waals surface area contributed by atoms with Gasteiger partial charge in [-0.25, -0.2) is 0 Å². The summed E-state index contributed by atoms with van der Waals surface area (Å²) in [4.78, 5) is 0. The molecule has 1 aromatic carbocycles. The van der Waals surface area contributed by atoms with Crippen molar-refractivity contribution < 1.29 is 0 Å².